The Kier molecular flexibility index (Phi) is 4.12. The Labute approximate surface area is 111 Å². The Morgan fingerprint density at radius 2 is 2.47 bits per heavy atom. The highest BCUT2D eigenvalue weighted by Crippen LogP contribution is 2.18. The van der Waals surface area contributed by atoms with E-state index in [4.69, 9.17) is 18.0 Å². The Bertz CT molecular complexity index is 403. The first-order valence-electron chi connectivity index (χ1n) is 5.75. The van der Waals surface area contributed by atoms with E-state index >= 15 is 0 Å². The summed E-state index contributed by atoms with van der Waals surface area (Å²) < 4.78 is 0. The number of carbonyl (C=O) groups excluding carboxylic acids is 1. The molecule has 1 aliphatic heterocycles. The molecule has 0 saturated carbocycles. The van der Waals surface area contributed by atoms with Crippen molar-refractivity contribution in [1.82, 2.24) is 4.90 Å². The summed E-state index contributed by atoms with van der Waals surface area (Å²) in [4.78, 5) is 14.5. The van der Waals surface area contributed by atoms with Crippen molar-refractivity contribution in [2.24, 2.45) is 11.7 Å². The fourth-order valence-electron chi connectivity index (χ4n) is 2.12. The predicted molar refractivity (Wildman–Crippen MR) is 74.1 cm³/mol. The molecule has 0 spiro atoms. The molecule has 1 aromatic rings. The minimum absolute atomic E-state index is 0.185. The van der Waals surface area contributed by atoms with Gasteiger partial charge >= 0.3 is 0 Å². The first kappa shape index (κ1) is 12.5. The van der Waals surface area contributed by atoms with Crippen LogP contribution in [-0.4, -0.2) is 28.9 Å². The Hall–Kier alpha value is -0.940. The van der Waals surface area contributed by atoms with Crippen LogP contribution in [0.15, 0.2) is 16.8 Å². The van der Waals surface area contributed by atoms with Gasteiger partial charge in [-0.05, 0) is 35.2 Å². The van der Waals surface area contributed by atoms with Crippen LogP contribution in [-0.2, 0) is 11.2 Å². The normalized spacial score (nSPS) is 20.2. The van der Waals surface area contributed by atoms with Gasteiger partial charge in [0.25, 0.3) is 0 Å². The number of rotatable bonds is 3. The van der Waals surface area contributed by atoms with Crippen LogP contribution >= 0.6 is 23.6 Å². The molecule has 1 amide bonds. The highest BCUT2D eigenvalue weighted by atomic mass is 32.1. The number of carbonyl (C=O) groups is 1. The summed E-state index contributed by atoms with van der Waals surface area (Å²) in [5.41, 5.74) is 6.76. The number of hydrogen-bond donors (Lipinski definition) is 1. The summed E-state index contributed by atoms with van der Waals surface area (Å²) in [5, 5.41) is 4.02. The van der Waals surface area contributed by atoms with E-state index < -0.39 is 0 Å². The van der Waals surface area contributed by atoms with Gasteiger partial charge in [-0.2, -0.15) is 11.3 Å². The van der Waals surface area contributed by atoms with Gasteiger partial charge in [0.1, 0.15) is 0 Å². The van der Waals surface area contributed by atoms with Crippen molar-refractivity contribution in [3.8, 4) is 0 Å². The summed E-state index contributed by atoms with van der Waals surface area (Å²) in [6.45, 7) is 1.53. The first-order valence-corrected chi connectivity index (χ1v) is 7.10. The Morgan fingerprint density at radius 3 is 3.12 bits per heavy atom. The van der Waals surface area contributed by atoms with Crippen LogP contribution in [0.3, 0.4) is 0 Å². The molecule has 1 aromatic heterocycles. The molecule has 0 aromatic carbocycles. The molecule has 1 unspecified atom stereocenters. The van der Waals surface area contributed by atoms with Crippen LogP contribution in [0.4, 0.5) is 0 Å². The van der Waals surface area contributed by atoms with Crippen LogP contribution in [0.2, 0.25) is 0 Å². The molecular weight excluding hydrogens is 252 g/mol. The quantitative estimate of drug-likeness (QED) is 0.851. The number of thiocarbonyl (C=S) groups is 1. The van der Waals surface area contributed by atoms with Crippen LogP contribution < -0.4 is 5.73 Å². The third-order valence-electron chi connectivity index (χ3n) is 3.11. The standard InChI is InChI=1S/C12H16N2OS2/c13-12(16)10-2-1-4-14(7-10)11(15)6-9-3-5-17-8-9/h3,5,8,10H,1-2,4,6-7H2,(H2,13,16). The lowest BCUT2D eigenvalue weighted by molar-refractivity contribution is -0.131. The van der Waals surface area contributed by atoms with Gasteiger partial charge in [0, 0.05) is 19.0 Å². The lowest BCUT2D eigenvalue weighted by Crippen LogP contribution is -2.44. The molecule has 92 valence electrons. The minimum Gasteiger partial charge on any atom is -0.393 e. The molecule has 1 saturated heterocycles. The second-order valence-electron chi connectivity index (χ2n) is 4.39. The number of nitrogens with zero attached hydrogens (tertiary/aromatic N) is 1. The van der Waals surface area contributed by atoms with Crippen LogP contribution in [0.5, 0.6) is 0 Å². The van der Waals surface area contributed by atoms with E-state index in [-0.39, 0.29) is 11.8 Å². The van der Waals surface area contributed by atoms with E-state index in [1.54, 1.807) is 11.3 Å². The lowest BCUT2D eigenvalue weighted by atomic mass is 9.97. The van der Waals surface area contributed by atoms with Crippen molar-refractivity contribution in [2.75, 3.05) is 13.1 Å². The summed E-state index contributed by atoms with van der Waals surface area (Å²) in [6, 6.07) is 2.00. The van der Waals surface area contributed by atoms with Gasteiger partial charge in [0.2, 0.25) is 5.91 Å². The molecule has 1 atom stereocenters. The summed E-state index contributed by atoms with van der Waals surface area (Å²) >= 11 is 6.63. The van der Waals surface area contributed by atoms with Gasteiger partial charge in [0.05, 0.1) is 11.4 Å². The molecule has 0 radical (unpaired) electrons. The highest BCUT2D eigenvalue weighted by Gasteiger charge is 2.25. The highest BCUT2D eigenvalue weighted by molar-refractivity contribution is 7.80. The van der Waals surface area contributed by atoms with Crippen molar-refractivity contribution in [1.29, 1.82) is 0 Å². The number of nitrogens with two attached hydrogens (primary N) is 1. The van der Waals surface area contributed by atoms with E-state index in [1.807, 2.05) is 21.7 Å². The van der Waals surface area contributed by atoms with Crippen molar-refractivity contribution in [3.63, 3.8) is 0 Å². The predicted octanol–water partition coefficient (Wildman–Crippen LogP) is 1.82. The van der Waals surface area contributed by atoms with Crippen molar-refractivity contribution in [2.45, 2.75) is 19.3 Å². The van der Waals surface area contributed by atoms with Gasteiger partial charge in [0.15, 0.2) is 0 Å². The molecule has 0 bridgehead atoms. The van der Waals surface area contributed by atoms with E-state index in [0.29, 0.717) is 18.0 Å². The molecule has 2 N–H and O–H groups in total. The molecule has 2 rings (SSSR count). The van der Waals surface area contributed by atoms with E-state index in [2.05, 4.69) is 0 Å². The number of hydrogen-bond acceptors (Lipinski definition) is 3. The molecular formula is C12H16N2OS2. The van der Waals surface area contributed by atoms with Gasteiger partial charge in [-0.15, -0.1) is 0 Å². The fourth-order valence-corrected chi connectivity index (χ4v) is 2.98. The summed E-state index contributed by atoms with van der Waals surface area (Å²) in [6.07, 6.45) is 2.50. The number of likely N-dealkylation sites (tertiary alicyclic amines) is 1. The molecule has 1 aliphatic rings. The van der Waals surface area contributed by atoms with Gasteiger partial charge in [-0.25, -0.2) is 0 Å². The number of amides is 1. The summed E-state index contributed by atoms with van der Waals surface area (Å²) in [7, 11) is 0. The Balaban J connectivity index is 1.93. The van der Waals surface area contributed by atoms with Crippen LogP contribution in [0, 0.1) is 5.92 Å². The molecule has 5 heteroatoms. The van der Waals surface area contributed by atoms with Crippen LogP contribution in [0.25, 0.3) is 0 Å². The zero-order valence-corrected chi connectivity index (χ0v) is 11.2. The maximum Gasteiger partial charge on any atom is 0.227 e. The van der Waals surface area contributed by atoms with E-state index in [0.717, 1.165) is 24.9 Å². The minimum atomic E-state index is 0.185. The first-order chi connectivity index (χ1) is 8.16. The zero-order valence-electron chi connectivity index (χ0n) is 9.59. The van der Waals surface area contributed by atoms with E-state index in [9.17, 15) is 4.79 Å². The average Bonchev–Trinajstić information content (AvgIpc) is 2.82. The van der Waals surface area contributed by atoms with E-state index in [1.165, 1.54) is 0 Å². The topological polar surface area (TPSA) is 46.3 Å². The average molecular weight is 268 g/mol. The second kappa shape index (κ2) is 5.60. The van der Waals surface area contributed by atoms with Gasteiger partial charge < -0.3 is 10.6 Å². The fraction of sp³-hybridized carbons (Fsp3) is 0.500. The number of thiophene rings is 1. The molecule has 1 fully saturated rings. The molecule has 17 heavy (non-hydrogen) atoms. The lowest BCUT2D eigenvalue weighted by Gasteiger charge is -2.32. The van der Waals surface area contributed by atoms with Crippen molar-refractivity contribution >= 4 is 34.5 Å². The smallest absolute Gasteiger partial charge is 0.227 e. The molecule has 2 heterocycles. The SMILES string of the molecule is NC(=S)C1CCCN(C(=O)Cc2ccsc2)C1. The molecule has 0 aliphatic carbocycles. The zero-order chi connectivity index (χ0) is 12.3. The Morgan fingerprint density at radius 1 is 1.65 bits per heavy atom. The number of piperidine rings is 1. The second-order valence-corrected chi connectivity index (χ2v) is 5.64. The van der Waals surface area contributed by atoms with Crippen LogP contribution in [0.1, 0.15) is 18.4 Å². The van der Waals surface area contributed by atoms with Gasteiger partial charge in [-0.1, -0.05) is 12.2 Å². The largest absolute Gasteiger partial charge is 0.393 e. The monoisotopic (exact) mass is 268 g/mol. The third kappa shape index (κ3) is 3.26. The van der Waals surface area contributed by atoms with Crippen molar-refractivity contribution in [3.05, 3.63) is 22.4 Å². The van der Waals surface area contributed by atoms with Gasteiger partial charge in [-0.3, -0.25) is 4.79 Å². The summed E-state index contributed by atoms with van der Waals surface area (Å²) in [5.74, 6) is 0.384. The maximum atomic E-state index is 12.1. The third-order valence-corrected chi connectivity index (χ3v) is 4.18. The molecule has 3 nitrogen and oxygen atoms in total. The van der Waals surface area contributed by atoms with Crippen molar-refractivity contribution < 1.29 is 4.79 Å². The maximum absolute atomic E-state index is 12.1.